The van der Waals surface area contributed by atoms with Gasteiger partial charge in [0.15, 0.2) is 0 Å². The van der Waals surface area contributed by atoms with Crippen LogP contribution in [0.2, 0.25) is 0 Å². The molecule has 1 aliphatic heterocycles. The summed E-state index contributed by atoms with van der Waals surface area (Å²) < 4.78 is 5.85. The molecular formula is C17H22N4O3. The van der Waals surface area contributed by atoms with Gasteiger partial charge < -0.3 is 14.6 Å². The van der Waals surface area contributed by atoms with Gasteiger partial charge in [-0.25, -0.2) is 0 Å². The highest BCUT2D eigenvalue weighted by molar-refractivity contribution is 5.75. The number of nitrogens with zero attached hydrogens (tertiary/aromatic N) is 3. The van der Waals surface area contributed by atoms with Crippen molar-refractivity contribution in [1.29, 1.82) is 0 Å². The molecule has 2 N–H and O–H groups in total. The molecule has 0 fully saturated rings. The molecule has 0 saturated heterocycles. The molecular weight excluding hydrogens is 308 g/mol. The molecule has 7 nitrogen and oxygen atoms in total. The minimum absolute atomic E-state index is 0.0453. The van der Waals surface area contributed by atoms with E-state index in [0.29, 0.717) is 25.1 Å². The Labute approximate surface area is 140 Å². The number of Topliss-reactive ketones (excluding diaryl/α,β-unsaturated/α-hetero) is 1. The summed E-state index contributed by atoms with van der Waals surface area (Å²) in [5.41, 5.74) is 1.33. The Kier molecular flexibility index (Phi) is 3.91. The molecule has 3 rings (SSSR count). The maximum atomic E-state index is 11.3. The molecule has 2 atom stereocenters. The Morgan fingerprint density at radius 1 is 1.54 bits per heavy atom. The molecule has 7 heteroatoms. The number of hydrogen-bond donors (Lipinski definition) is 2. The van der Waals surface area contributed by atoms with Gasteiger partial charge in [0, 0.05) is 12.0 Å². The summed E-state index contributed by atoms with van der Waals surface area (Å²) >= 11 is 0. The van der Waals surface area contributed by atoms with Crippen LogP contribution in [0.4, 0.5) is 0 Å². The number of ketones is 1. The molecule has 1 unspecified atom stereocenters. The van der Waals surface area contributed by atoms with E-state index in [-0.39, 0.29) is 5.78 Å². The van der Waals surface area contributed by atoms with Crippen molar-refractivity contribution in [2.24, 2.45) is 0 Å². The third-order valence-electron chi connectivity index (χ3n) is 4.74. The first-order valence-corrected chi connectivity index (χ1v) is 7.97. The molecule has 1 aliphatic rings. The van der Waals surface area contributed by atoms with Gasteiger partial charge >= 0.3 is 0 Å². The number of rotatable bonds is 5. The van der Waals surface area contributed by atoms with Crippen molar-refractivity contribution in [2.75, 3.05) is 6.61 Å². The first kappa shape index (κ1) is 16.6. The number of carbonyl (C=O) groups is 1. The Morgan fingerprint density at radius 2 is 2.29 bits per heavy atom. The molecule has 0 aliphatic carbocycles. The smallest absolute Gasteiger partial charge is 0.144 e. The zero-order chi connectivity index (χ0) is 17.5. The van der Waals surface area contributed by atoms with Crippen LogP contribution >= 0.6 is 0 Å². The number of aryl methyl sites for hydroxylation is 1. The van der Waals surface area contributed by atoms with Gasteiger partial charge in [-0.2, -0.15) is 15.4 Å². The fourth-order valence-corrected chi connectivity index (χ4v) is 3.05. The average molecular weight is 330 g/mol. The van der Waals surface area contributed by atoms with Gasteiger partial charge in [-0.1, -0.05) is 0 Å². The molecule has 3 heterocycles. The molecule has 0 radical (unpaired) electrons. The number of ether oxygens (including phenoxy) is 1. The van der Waals surface area contributed by atoms with Gasteiger partial charge in [0.2, 0.25) is 0 Å². The maximum absolute atomic E-state index is 11.3. The van der Waals surface area contributed by atoms with Crippen LogP contribution in [0, 0.1) is 6.92 Å². The molecule has 2 aromatic heterocycles. The number of aromatic amines is 1. The van der Waals surface area contributed by atoms with Gasteiger partial charge in [-0.3, -0.25) is 4.98 Å². The summed E-state index contributed by atoms with van der Waals surface area (Å²) in [6.07, 6.45) is 2.32. The van der Waals surface area contributed by atoms with Crippen LogP contribution < -0.4 is 4.74 Å². The largest absolute Gasteiger partial charge is 0.490 e. The lowest BCUT2D eigenvalue weighted by molar-refractivity contribution is -0.118. The third kappa shape index (κ3) is 2.69. The van der Waals surface area contributed by atoms with Crippen LogP contribution in [0.15, 0.2) is 12.3 Å². The fourth-order valence-electron chi connectivity index (χ4n) is 3.05. The highest BCUT2D eigenvalue weighted by atomic mass is 16.5. The van der Waals surface area contributed by atoms with E-state index in [0.717, 1.165) is 22.7 Å². The number of pyridine rings is 1. The van der Waals surface area contributed by atoms with Crippen LogP contribution in [-0.2, 0) is 15.8 Å². The summed E-state index contributed by atoms with van der Waals surface area (Å²) in [5, 5.41) is 21.5. The van der Waals surface area contributed by atoms with Gasteiger partial charge in [0.25, 0.3) is 0 Å². The molecule has 128 valence electrons. The van der Waals surface area contributed by atoms with Crippen molar-refractivity contribution >= 4 is 5.78 Å². The number of H-pyrrole nitrogens is 1. The van der Waals surface area contributed by atoms with Crippen molar-refractivity contribution in [3.05, 3.63) is 34.9 Å². The standard InChI is InChI=1S/C17H22N4O3/c1-10(22)5-6-17(4,23)13-7-12-15(11(2)19-13)24-9-16(12,3)14-8-18-21-20-14/h7-8,23H,5-6,9H2,1-4H3,(H,18,20,21)/t16-,17?/m0/s1. The minimum atomic E-state index is -1.18. The molecule has 0 saturated carbocycles. The second kappa shape index (κ2) is 5.66. The first-order chi connectivity index (χ1) is 11.2. The summed E-state index contributed by atoms with van der Waals surface area (Å²) in [7, 11) is 0. The van der Waals surface area contributed by atoms with E-state index in [1.54, 1.807) is 13.1 Å². The number of carbonyl (C=O) groups excluding carboxylic acids is 1. The summed E-state index contributed by atoms with van der Waals surface area (Å²) in [6, 6.07) is 1.87. The molecule has 24 heavy (non-hydrogen) atoms. The highest BCUT2D eigenvalue weighted by Gasteiger charge is 2.42. The van der Waals surface area contributed by atoms with E-state index in [9.17, 15) is 9.90 Å². The Morgan fingerprint density at radius 3 is 2.92 bits per heavy atom. The van der Waals surface area contributed by atoms with Crippen molar-refractivity contribution in [3.8, 4) is 5.75 Å². The van der Waals surface area contributed by atoms with Crippen LogP contribution in [0.5, 0.6) is 5.75 Å². The lowest BCUT2D eigenvalue weighted by Gasteiger charge is -2.25. The van der Waals surface area contributed by atoms with Crippen molar-refractivity contribution < 1.29 is 14.6 Å². The van der Waals surface area contributed by atoms with Gasteiger partial charge in [0.05, 0.1) is 28.7 Å². The number of hydrogen-bond acceptors (Lipinski definition) is 6. The predicted molar refractivity (Wildman–Crippen MR) is 86.8 cm³/mol. The number of nitrogens with one attached hydrogen (secondary N) is 1. The van der Waals surface area contributed by atoms with Crippen molar-refractivity contribution in [3.63, 3.8) is 0 Å². The maximum Gasteiger partial charge on any atom is 0.144 e. The summed E-state index contributed by atoms with van der Waals surface area (Å²) in [5.74, 6) is 0.774. The monoisotopic (exact) mass is 330 g/mol. The normalized spacial score (nSPS) is 21.9. The van der Waals surface area contributed by atoms with Crippen LogP contribution in [0.3, 0.4) is 0 Å². The van der Waals surface area contributed by atoms with E-state index < -0.39 is 11.0 Å². The van der Waals surface area contributed by atoms with Crippen LogP contribution in [-0.4, -0.2) is 37.9 Å². The van der Waals surface area contributed by atoms with E-state index >= 15 is 0 Å². The zero-order valence-corrected chi connectivity index (χ0v) is 14.4. The van der Waals surface area contributed by atoms with Crippen LogP contribution in [0.25, 0.3) is 0 Å². The topological polar surface area (TPSA) is 101 Å². The van der Waals surface area contributed by atoms with Crippen molar-refractivity contribution in [2.45, 2.75) is 51.6 Å². The summed E-state index contributed by atoms with van der Waals surface area (Å²) in [6.45, 7) is 7.54. The van der Waals surface area contributed by atoms with Crippen molar-refractivity contribution in [1.82, 2.24) is 20.4 Å². The predicted octanol–water partition coefficient (Wildman–Crippen LogP) is 1.78. The van der Waals surface area contributed by atoms with E-state index in [4.69, 9.17) is 4.74 Å². The number of aliphatic hydroxyl groups is 1. The lowest BCUT2D eigenvalue weighted by atomic mass is 9.80. The lowest BCUT2D eigenvalue weighted by Crippen LogP contribution is -2.28. The highest BCUT2D eigenvalue weighted by Crippen LogP contribution is 2.45. The molecule has 0 bridgehead atoms. The average Bonchev–Trinajstić information content (AvgIpc) is 3.15. The quantitative estimate of drug-likeness (QED) is 0.866. The minimum Gasteiger partial charge on any atom is -0.490 e. The Hall–Kier alpha value is -2.28. The number of fused-ring (bicyclic) bond motifs is 1. The van der Waals surface area contributed by atoms with Gasteiger partial charge in [0.1, 0.15) is 23.7 Å². The fraction of sp³-hybridized carbons (Fsp3) is 0.529. The zero-order valence-electron chi connectivity index (χ0n) is 14.4. The van der Waals surface area contributed by atoms with Gasteiger partial charge in [-0.05, 0) is 40.2 Å². The Bertz CT molecular complexity index is 770. The second-order valence-corrected chi connectivity index (χ2v) is 6.92. The van der Waals surface area contributed by atoms with Crippen LogP contribution in [0.1, 0.15) is 56.3 Å². The molecule has 2 aromatic rings. The number of aromatic nitrogens is 4. The second-order valence-electron chi connectivity index (χ2n) is 6.92. The third-order valence-corrected chi connectivity index (χ3v) is 4.74. The van der Waals surface area contributed by atoms with E-state index in [1.807, 2.05) is 19.9 Å². The Balaban J connectivity index is 2.05. The SMILES string of the molecule is CC(=O)CCC(C)(O)c1cc2c(c(C)n1)OC[C@]2(C)c1cn[nH]n1. The van der Waals surface area contributed by atoms with E-state index in [2.05, 4.69) is 20.4 Å². The molecule has 0 spiro atoms. The van der Waals surface area contributed by atoms with Gasteiger partial charge in [-0.15, -0.1) is 0 Å². The molecule has 0 amide bonds. The van der Waals surface area contributed by atoms with E-state index in [1.165, 1.54) is 6.92 Å². The summed E-state index contributed by atoms with van der Waals surface area (Å²) in [4.78, 5) is 15.8. The first-order valence-electron chi connectivity index (χ1n) is 7.97. The molecule has 0 aromatic carbocycles.